The van der Waals surface area contributed by atoms with E-state index in [1.54, 1.807) is 25.1 Å². The number of hydrogen-bond donors (Lipinski definition) is 0. The van der Waals surface area contributed by atoms with Gasteiger partial charge in [-0.15, -0.1) is 0 Å². The van der Waals surface area contributed by atoms with E-state index in [4.69, 9.17) is 0 Å². The zero-order chi connectivity index (χ0) is 12.2. The molecule has 0 bridgehead atoms. The van der Waals surface area contributed by atoms with E-state index in [9.17, 15) is 13.2 Å². The van der Waals surface area contributed by atoms with Crippen molar-refractivity contribution in [3.05, 3.63) is 35.4 Å². The third-order valence-electron chi connectivity index (χ3n) is 2.21. The minimum atomic E-state index is -3.24. The summed E-state index contributed by atoms with van der Waals surface area (Å²) in [4.78, 5) is 11.7. The Hall–Kier alpha value is -1.16. The van der Waals surface area contributed by atoms with Gasteiger partial charge in [-0.3, -0.25) is 4.79 Å². The molecule has 0 radical (unpaired) electrons. The van der Waals surface area contributed by atoms with Crippen LogP contribution in [0, 0.1) is 6.92 Å². The molecule has 0 fully saturated rings. The highest BCUT2D eigenvalue weighted by atomic mass is 32.2. The molecule has 0 saturated carbocycles. The summed E-state index contributed by atoms with van der Waals surface area (Å²) in [6.45, 7) is 3.66. The zero-order valence-electron chi connectivity index (χ0n) is 9.56. The van der Waals surface area contributed by atoms with E-state index in [1.807, 2.05) is 13.0 Å². The number of benzene rings is 1. The standard InChI is InChI=1S/C12H16O3S/c1-3-7-16(14,15)9-12(13)11-6-4-5-10(2)8-11/h4-6,8H,3,7,9H2,1-2H3. The van der Waals surface area contributed by atoms with Crippen molar-refractivity contribution in [2.45, 2.75) is 20.3 Å². The summed E-state index contributed by atoms with van der Waals surface area (Å²) in [5, 5.41) is 0. The fourth-order valence-corrected chi connectivity index (χ4v) is 2.82. The zero-order valence-corrected chi connectivity index (χ0v) is 10.4. The maximum atomic E-state index is 11.7. The minimum Gasteiger partial charge on any atom is -0.293 e. The average molecular weight is 240 g/mol. The van der Waals surface area contributed by atoms with Gasteiger partial charge in [0.25, 0.3) is 0 Å². The molecule has 0 aromatic heterocycles. The molecule has 0 heterocycles. The van der Waals surface area contributed by atoms with Crippen molar-refractivity contribution >= 4 is 15.6 Å². The molecule has 0 atom stereocenters. The Morgan fingerprint density at radius 3 is 2.56 bits per heavy atom. The molecule has 0 saturated heterocycles. The lowest BCUT2D eigenvalue weighted by Gasteiger charge is -2.03. The van der Waals surface area contributed by atoms with Gasteiger partial charge in [-0.1, -0.05) is 30.7 Å². The number of rotatable bonds is 5. The Morgan fingerprint density at radius 1 is 1.31 bits per heavy atom. The quantitative estimate of drug-likeness (QED) is 0.740. The summed E-state index contributed by atoms with van der Waals surface area (Å²) in [6.07, 6.45) is 0.545. The summed E-state index contributed by atoms with van der Waals surface area (Å²) in [5.74, 6) is -0.633. The maximum Gasteiger partial charge on any atom is 0.177 e. The molecule has 0 aliphatic carbocycles. The Bertz CT molecular complexity index is 475. The van der Waals surface area contributed by atoms with Crippen LogP contribution < -0.4 is 0 Å². The van der Waals surface area contributed by atoms with Crippen molar-refractivity contribution < 1.29 is 13.2 Å². The number of ketones is 1. The molecule has 1 rings (SSSR count). The molecule has 4 heteroatoms. The molecular weight excluding hydrogens is 224 g/mol. The second-order valence-corrected chi connectivity index (χ2v) is 6.07. The van der Waals surface area contributed by atoms with E-state index in [1.165, 1.54) is 0 Å². The first kappa shape index (κ1) is 12.9. The summed E-state index contributed by atoms with van der Waals surface area (Å²) in [7, 11) is -3.24. The Morgan fingerprint density at radius 2 is 2.00 bits per heavy atom. The van der Waals surface area contributed by atoms with E-state index < -0.39 is 9.84 Å². The maximum absolute atomic E-state index is 11.7. The van der Waals surface area contributed by atoms with Gasteiger partial charge in [-0.25, -0.2) is 8.42 Å². The first-order valence-corrected chi connectivity index (χ1v) is 7.07. The van der Waals surface area contributed by atoms with Crippen LogP contribution in [0.4, 0.5) is 0 Å². The van der Waals surface area contributed by atoms with Gasteiger partial charge >= 0.3 is 0 Å². The first-order valence-electron chi connectivity index (χ1n) is 5.25. The van der Waals surface area contributed by atoms with Crippen LogP contribution in [0.5, 0.6) is 0 Å². The Kier molecular flexibility index (Phi) is 4.24. The predicted octanol–water partition coefficient (Wildman–Crippen LogP) is 2.00. The van der Waals surface area contributed by atoms with Crippen LogP contribution in [0.25, 0.3) is 0 Å². The van der Waals surface area contributed by atoms with Gasteiger partial charge in [-0.05, 0) is 19.4 Å². The normalized spacial score (nSPS) is 11.4. The fourth-order valence-electron chi connectivity index (χ4n) is 1.48. The number of aryl methyl sites for hydroxylation is 1. The molecule has 1 aromatic rings. The summed E-state index contributed by atoms with van der Waals surface area (Å²) < 4.78 is 23.0. The molecule has 0 unspecified atom stereocenters. The molecule has 0 N–H and O–H groups in total. The second kappa shape index (κ2) is 5.25. The largest absolute Gasteiger partial charge is 0.293 e. The second-order valence-electron chi connectivity index (χ2n) is 3.88. The number of hydrogen-bond acceptors (Lipinski definition) is 3. The van der Waals surface area contributed by atoms with Crippen molar-refractivity contribution in [1.82, 2.24) is 0 Å². The lowest BCUT2D eigenvalue weighted by Crippen LogP contribution is -2.18. The van der Waals surface area contributed by atoms with Gasteiger partial charge in [0.1, 0.15) is 5.75 Å². The Balaban J connectivity index is 2.81. The summed E-state index contributed by atoms with van der Waals surface area (Å²) in [5.41, 5.74) is 1.43. The molecule has 88 valence electrons. The van der Waals surface area contributed by atoms with Crippen molar-refractivity contribution in [2.24, 2.45) is 0 Å². The monoisotopic (exact) mass is 240 g/mol. The van der Waals surface area contributed by atoms with Crippen LogP contribution in [0.2, 0.25) is 0 Å². The van der Waals surface area contributed by atoms with E-state index >= 15 is 0 Å². The van der Waals surface area contributed by atoms with Crippen molar-refractivity contribution in [2.75, 3.05) is 11.5 Å². The fraction of sp³-hybridized carbons (Fsp3) is 0.417. The minimum absolute atomic E-state index is 0.0740. The van der Waals surface area contributed by atoms with Crippen LogP contribution in [-0.4, -0.2) is 25.7 Å². The SMILES string of the molecule is CCCS(=O)(=O)CC(=O)c1cccc(C)c1. The average Bonchev–Trinajstić information content (AvgIpc) is 2.16. The molecular formula is C12H16O3S. The van der Waals surface area contributed by atoms with Gasteiger partial charge in [-0.2, -0.15) is 0 Å². The van der Waals surface area contributed by atoms with Crippen LogP contribution in [-0.2, 0) is 9.84 Å². The molecule has 3 nitrogen and oxygen atoms in total. The van der Waals surface area contributed by atoms with Gasteiger partial charge in [0, 0.05) is 5.56 Å². The highest BCUT2D eigenvalue weighted by molar-refractivity contribution is 7.92. The smallest absolute Gasteiger partial charge is 0.177 e. The van der Waals surface area contributed by atoms with E-state index in [-0.39, 0.29) is 17.3 Å². The number of carbonyl (C=O) groups excluding carboxylic acids is 1. The molecule has 0 aliphatic rings. The summed E-state index contributed by atoms with van der Waals surface area (Å²) in [6, 6.07) is 6.99. The van der Waals surface area contributed by atoms with Gasteiger partial charge in [0.2, 0.25) is 0 Å². The molecule has 1 aromatic carbocycles. The van der Waals surface area contributed by atoms with Crippen LogP contribution >= 0.6 is 0 Å². The molecule has 0 spiro atoms. The third kappa shape index (κ3) is 3.77. The molecule has 0 aliphatic heterocycles. The van der Waals surface area contributed by atoms with E-state index in [0.29, 0.717) is 12.0 Å². The van der Waals surface area contributed by atoms with Gasteiger partial charge < -0.3 is 0 Å². The van der Waals surface area contributed by atoms with Crippen LogP contribution in [0.3, 0.4) is 0 Å². The van der Waals surface area contributed by atoms with Crippen molar-refractivity contribution in [3.8, 4) is 0 Å². The molecule has 0 amide bonds. The van der Waals surface area contributed by atoms with Gasteiger partial charge in [0.05, 0.1) is 5.75 Å². The van der Waals surface area contributed by atoms with E-state index in [0.717, 1.165) is 5.56 Å². The topological polar surface area (TPSA) is 51.2 Å². The van der Waals surface area contributed by atoms with E-state index in [2.05, 4.69) is 0 Å². The molecule has 16 heavy (non-hydrogen) atoms. The lowest BCUT2D eigenvalue weighted by molar-refractivity contribution is 0.102. The van der Waals surface area contributed by atoms with Crippen molar-refractivity contribution in [1.29, 1.82) is 0 Å². The predicted molar refractivity (Wildman–Crippen MR) is 64.5 cm³/mol. The highest BCUT2D eigenvalue weighted by Gasteiger charge is 2.16. The third-order valence-corrected chi connectivity index (χ3v) is 3.94. The first-order chi connectivity index (χ1) is 7.44. The van der Waals surface area contributed by atoms with Gasteiger partial charge in [0.15, 0.2) is 15.6 Å². The number of carbonyl (C=O) groups is 1. The Labute approximate surface area is 96.4 Å². The highest BCUT2D eigenvalue weighted by Crippen LogP contribution is 2.07. The van der Waals surface area contributed by atoms with Crippen LogP contribution in [0.1, 0.15) is 29.3 Å². The number of Topliss-reactive ketones (excluding diaryl/α,β-unsaturated/α-hetero) is 1. The lowest BCUT2D eigenvalue weighted by atomic mass is 10.1. The van der Waals surface area contributed by atoms with Crippen LogP contribution in [0.15, 0.2) is 24.3 Å². The van der Waals surface area contributed by atoms with Crippen molar-refractivity contribution in [3.63, 3.8) is 0 Å². The number of sulfone groups is 1. The summed E-state index contributed by atoms with van der Waals surface area (Å²) >= 11 is 0.